The highest BCUT2D eigenvalue weighted by atomic mass is 32.1. The van der Waals surface area contributed by atoms with Crippen molar-refractivity contribution in [2.24, 2.45) is 0 Å². The monoisotopic (exact) mass is 297 g/mol. The van der Waals surface area contributed by atoms with Gasteiger partial charge in [-0.2, -0.15) is 0 Å². The fourth-order valence-corrected chi connectivity index (χ4v) is 3.19. The highest BCUT2D eigenvalue weighted by Crippen LogP contribution is 2.25. The first kappa shape index (κ1) is 14.9. The minimum Gasteiger partial charge on any atom is -0.467 e. The molecule has 0 aliphatic carbocycles. The molecular weight excluding hydrogens is 278 g/mol. The van der Waals surface area contributed by atoms with E-state index in [1.807, 2.05) is 13.8 Å². The van der Waals surface area contributed by atoms with Crippen LogP contribution in [0.2, 0.25) is 0 Å². The fraction of sp³-hybridized carbons (Fsp3) is 0.692. The van der Waals surface area contributed by atoms with E-state index in [9.17, 15) is 9.59 Å². The second kappa shape index (κ2) is 6.30. The average molecular weight is 297 g/mol. The number of hydrogen-bond acceptors (Lipinski definition) is 6. The maximum atomic E-state index is 12.7. The molecule has 0 bridgehead atoms. The van der Waals surface area contributed by atoms with Gasteiger partial charge in [0.05, 0.1) is 12.8 Å². The molecule has 2 heterocycles. The molecule has 1 amide bonds. The Labute approximate surface area is 122 Å². The van der Waals surface area contributed by atoms with Crippen LogP contribution in [-0.4, -0.2) is 46.1 Å². The van der Waals surface area contributed by atoms with Crippen LogP contribution >= 0.6 is 11.5 Å². The Morgan fingerprint density at radius 3 is 2.80 bits per heavy atom. The fourth-order valence-electron chi connectivity index (χ4n) is 2.41. The molecule has 6 nitrogen and oxygen atoms in total. The zero-order chi connectivity index (χ0) is 14.7. The van der Waals surface area contributed by atoms with E-state index in [1.54, 1.807) is 4.90 Å². The van der Waals surface area contributed by atoms with Crippen LogP contribution in [0.25, 0.3) is 0 Å². The quantitative estimate of drug-likeness (QED) is 0.796. The Balaban J connectivity index is 2.25. The van der Waals surface area contributed by atoms with E-state index in [2.05, 4.69) is 9.59 Å². The van der Waals surface area contributed by atoms with Gasteiger partial charge in [0.15, 0.2) is 0 Å². The van der Waals surface area contributed by atoms with Crippen LogP contribution in [0.15, 0.2) is 0 Å². The van der Waals surface area contributed by atoms with Gasteiger partial charge in [0.25, 0.3) is 5.91 Å². The lowest BCUT2D eigenvalue weighted by Gasteiger charge is -2.33. The summed E-state index contributed by atoms with van der Waals surface area (Å²) >= 11 is 1.10. The Kier molecular flexibility index (Phi) is 4.69. The molecule has 1 aromatic rings. The second-order valence-electron chi connectivity index (χ2n) is 5.18. The van der Waals surface area contributed by atoms with Crippen LogP contribution in [0, 0.1) is 0 Å². The summed E-state index contributed by atoms with van der Waals surface area (Å²) in [5.41, 5.74) is 0.703. The van der Waals surface area contributed by atoms with E-state index in [0.717, 1.165) is 24.4 Å². The van der Waals surface area contributed by atoms with Crippen molar-refractivity contribution in [3.8, 4) is 0 Å². The third-order valence-electron chi connectivity index (χ3n) is 3.49. The molecule has 1 aliphatic heterocycles. The lowest BCUT2D eigenvalue weighted by atomic mass is 10.0. The van der Waals surface area contributed by atoms with Crippen LogP contribution in [-0.2, 0) is 9.53 Å². The lowest BCUT2D eigenvalue weighted by molar-refractivity contribution is -0.147. The Morgan fingerprint density at radius 1 is 1.40 bits per heavy atom. The van der Waals surface area contributed by atoms with Gasteiger partial charge in [-0.25, -0.2) is 4.79 Å². The van der Waals surface area contributed by atoms with Crippen molar-refractivity contribution < 1.29 is 14.3 Å². The van der Waals surface area contributed by atoms with E-state index in [4.69, 9.17) is 4.74 Å². The summed E-state index contributed by atoms with van der Waals surface area (Å²) in [5.74, 6) is -0.366. The smallest absolute Gasteiger partial charge is 0.328 e. The van der Waals surface area contributed by atoms with Gasteiger partial charge in [-0.15, -0.1) is 5.10 Å². The van der Waals surface area contributed by atoms with Gasteiger partial charge in [-0.3, -0.25) is 4.79 Å². The number of aromatic nitrogens is 2. The van der Waals surface area contributed by atoms with Crippen molar-refractivity contribution in [2.75, 3.05) is 13.7 Å². The van der Waals surface area contributed by atoms with Crippen LogP contribution in [0.3, 0.4) is 0 Å². The third-order valence-corrected chi connectivity index (χ3v) is 4.22. The molecule has 1 fully saturated rings. The predicted molar refractivity (Wildman–Crippen MR) is 74.7 cm³/mol. The minimum absolute atomic E-state index is 0.133. The number of likely N-dealkylation sites (tertiary alicyclic amines) is 1. The number of ether oxygens (including phenoxy) is 1. The van der Waals surface area contributed by atoms with E-state index in [0.29, 0.717) is 23.5 Å². The molecule has 0 aromatic carbocycles. The van der Waals surface area contributed by atoms with Crippen molar-refractivity contribution in [1.82, 2.24) is 14.5 Å². The average Bonchev–Trinajstić information content (AvgIpc) is 2.95. The number of nitrogens with zero attached hydrogens (tertiary/aromatic N) is 3. The Bertz CT molecular complexity index is 501. The SMILES string of the molecule is COC(=O)[C@H]1CCCCN1C(=O)c1snnc1C(C)C. The number of hydrogen-bond donors (Lipinski definition) is 0. The number of amides is 1. The van der Waals surface area contributed by atoms with Gasteiger partial charge in [-0.1, -0.05) is 18.3 Å². The number of methoxy groups -OCH3 is 1. The molecule has 1 atom stereocenters. The first-order valence-corrected chi connectivity index (χ1v) is 7.54. The first-order chi connectivity index (χ1) is 9.56. The van der Waals surface area contributed by atoms with Gasteiger partial charge in [0, 0.05) is 6.54 Å². The van der Waals surface area contributed by atoms with Crippen molar-refractivity contribution in [3.05, 3.63) is 10.6 Å². The van der Waals surface area contributed by atoms with E-state index in [1.165, 1.54) is 7.11 Å². The van der Waals surface area contributed by atoms with Gasteiger partial charge in [-0.05, 0) is 36.7 Å². The van der Waals surface area contributed by atoms with E-state index >= 15 is 0 Å². The minimum atomic E-state index is -0.483. The third kappa shape index (κ3) is 2.82. The maximum Gasteiger partial charge on any atom is 0.328 e. The summed E-state index contributed by atoms with van der Waals surface area (Å²) in [6.45, 7) is 4.52. The summed E-state index contributed by atoms with van der Waals surface area (Å²) < 4.78 is 8.68. The van der Waals surface area contributed by atoms with Crippen LogP contribution in [0.4, 0.5) is 0 Å². The number of rotatable bonds is 3. The first-order valence-electron chi connectivity index (χ1n) is 6.77. The summed E-state index contributed by atoms with van der Waals surface area (Å²) in [4.78, 5) is 26.6. The highest BCUT2D eigenvalue weighted by Gasteiger charge is 2.35. The van der Waals surface area contributed by atoms with Crippen molar-refractivity contribution >= 4 is 23.4 Å². The summed E-state index contributed by atoms with van der Waals surface area (Å²) in [6, 6.07) is -0.483. The lowest BCUT2D eigenvalue weighted by Crippen LogP contribution is -2.48. The van der Waals surface area contributed by atoms with Gasteiger partial charge >= 0.3 is 5.97 Å². The largest absolute Gasteiger partial charge is 0.467 e. The summed E-state index contributed by atoms with van der Waals surface area (Å²) in [5, 5.41) is 4.03. The van der Waals surface area contributed by atoms with Crippen molar-refractivity contribution in [2.45, 2.75) is 45.1 Å². The second-order valence-corrected chi connectivity index (χ2v) is 5.93. The zero-order valence-electron chi connectivity index (χ0n) is 12.0. The van der Waals surface area contributed by atoms with E-state index < -0.39 is 6.04 Å². The molecule has 0 unspecified atom stereocenters. The van der Waals surface area contributed by atoms with Crippen molar-refractivity contribution in [1.29, 1.82) is 0 Å². The molecule has 1 saturated heterocycles. The molecule has 0 spiro atoms. The molecule has 2 rings (SSSR count). The number of carbonyl (C=O) groups is 2. The topological polar surface area (TPSA) is 72.4 Å². The van der Waals surface area contributed by atoms with Crippen molar-refractivity contribution in [3.63, 3.8) is 0 Å². The molecule has 0 saturated carbocycles. The molecule has 20 heavy (non-hydrogen) atoms. The highest BCUT2D eigenvalue weighted by molar-refractivity contribution is 7.08. The van der Waals surface area contributed by atoms with Gasteiger partial charge in [0.2, 0.25) is 0 Å². The van der Waals surface area contributed by atoms with Gasteiger partial charge < -0.3 is 9.64 Å². The molecule has 1 aliphatic rings. The van der Waals surface area contributed by atoms with Gasteiger partial charge in [0.1, 0.15) is 10.9 Å². The standard InChI is InChI=1S/C13H19N3O3S/c1-8(2)10-11(20-15-14-10)12(17)16-7-5-4-6-9(16)13(18)19-3/h8-9H,4-7H2,1-3H3/t9-/m1/s1. The predicted octanol–water partition coefficient (Wildman–Crippen LogP) is 1.83. The number of piperidine rings is 1. The summed E-state index contributed by atoms with van der Waals surface area (Å²) in [7, 11) is 1.35. The summed E-state index contributed by atoms with van der Waals surface area (Å²) in [6.07, 6.45) is 2.49. The molecule has 1 aromatic heterocycles. The van der Waals surface area contributed by atoms with Crippen LogP contribution in [0.5, 0.6) is 0 Å². The normalized spacial score (nSPS) is 19.2. The molecule has 110 valence electrons. The molecule has 0 N–H and O–H groups in total. The van der Waals surface area contributed by atoms with E-state index in [-0.39, 0.29) is 17.8 Å². The Morgan fingerprint density at radius 2 is 2.15 bits per heavy atom. The molecule has 7 heteroatoms. The zero-order valence-corrected chi connectivity index (χ0v) is 12.8. The van der Waals surface area contributed by atoms with Crippen LogP contribution in [0.1, 0.15) is 54.4 Å². The Hall–Kier alpha value is -1.50. The molecular formula is C13H19N3O3S. The number of esters is 1. The number of carbonyl (C=O) groups excluding carboxylic acids is 2. The van der Waals surface area contributed by atoms with Crippen LogP contribution < -0.4 is 0 Å². The maximum absolute atomic E-state index is 12.7. The molecule has 0 radical (unpaired) electrons.